The molecule has 0 aliphatic carbocycles. The van der Waals surface area contributed by atoms with Crippen LogP contribution in [0.1, 0.15) is 23.2 Å². The Morgan fingerprint density at radius 2 is 2.04 bits per heavy atom. The highest BCUT2D eigenvalue weighted by Gasteiger charge is 2.23. The first-order chi connectivity index (χ1) is 11.7. The van der Waals surface area contributed by atoms with Gasteiger partial charge in [0, 0.05) is 44.1 Å². The summed E-state index contributed by atoms with van der Waals surface area (Å²) in [6.07, 6.45) is 2.63. The number of nitro benzene ring substituents is 1. The van der Waals surface area contributed by atoms with Crippen molar-refractivity contribution in [2.75, 3.05) is 31.6 Å². The minimum absolute atomic E-state index is 0.0340. The number of likely N-dealkylation sites (tertiary alicyclic amines) is 1. The van der Waals surface area contributed by atoms with Gasteiger partial charge in [-0.05, 0) is 18.9 Å². The summed E-state index contributed by atoms with van der Waals surface area (Å²) >= 11 is 5.96. The van der Waals surface area contributed by atoms with Gasteiger partial charge in [-0.1, -0.05) is 11.6 Å². The van der Waals surface area contributed by atoms with E-state index in [9.17, 15) is 23.3 Å². The number of benzene rings is 1. The highest BCUT2D eigenvalue weighted by Crippen LogP contribution is 2.23. The zero-order chi connectivity index (χ0) is 18.6. The molecule has 0 aromatic heterocycles. The summed E-state index contributed by atoms with van der Waals surface area (Å²) in [5, 5.41) is 13.6. The molecule has 1 heterocycles. The van der Waals surface area contributed by atoms with Crippen molar-refractivity contribution in [1.29, 1.82) is 0 Å². The number of rotatable bonds is 6. The summed E-state index contributed by atoms with van der Waals surface area (Å²) in [5.74, 6) is -0.239. The Hall–Kier alpha value is -1.71. The summed E-state index contributed by atoms with van der Waals surface area (Å²) in [6, 6.07) is 3.71. The Balaban J connectivity index is 1.87. The van der Waals surface area contributed by atoms with E-state index in [0.717, 1.165) is 6.07 Å². The van der Waals surface area contributed by atoms with Crippen molar-refractivity contribution in [3.8, 4) is 0 Å². The third-order valence-corrected chi connectivity index (χ3v) is 5.35. The van der Waals surface area contributed by atoms with Gasteiger partial charge in [-0.2, -0.15) is 0 Å². The van der Waals surface area contributed by atoms with Crippen molar-refractivity contribution in [2.45, 2.75) is 18.9 Å². The first-order valence-corrected chi connectivity index (χ1v) is 10.2. The minimum Gasteiger partial charge on any atom is -0.349 e. The Bertz CT molecular complexity index is 760. The summed E-state index contributed by atoms with van der Waals surface area (Å²) < 4.78 is 22.4. The van der Waals surface area contributed by atoms with Crippen LogP contribution in [-0.4, -0.2) is 61.8 Å². The van der Waals surface area contributed by atoms with Gasteiger partial charge in [-0.3, -0.25) is 14.9 Å². The van der Waals surface area contributed by atoms with Crippen molar-refractivity contribution < 1.29 is 18.1 Å². The Labute approximate surface area is 151 Å². The fourth-order valence-corrected chi connectivity index (χ4v) is 3.51. The van der Waals surface area contributed by atoms with Crippen LogP contribution in [0.2, 0.25) is 5.02 Å². The molecule has 0 radical (unpaired) electrons. The van der Waals surface area contributed by atoms with E-state index in [2.05, 4.69) is 10.2 Å². The molecule has 1 N–H and O–H groups in total. The molecular weight excluding hydrogens is 370 g/mol. The third-order valence-electron chi connectivity index (χ3n) is 4.11. The number of amides is 1. The van der Waals surface area contributed by atoms with Crippen LogP contribution in [0.3, 0.4) is 0 Å². The maximum Gasteiger partial charge on any atom is 0.270 e. The number of sulfone groups is 1. The van der Waals surface area contributed by atoms with Gasteiger partial charge in [0.05, 0.1) is 21.3 Å². The number of nitrogens with one attached hydrogen (secondary N) is 1. The summed E-state index contributed by atoms with van der Waals surface area (Å²) in [7, 11) is -2.98. The largest absolute Gasteiger partial charge is 0.349 e. The maximum atomic E-state index is 12.3. The van der Waals surface area contributed by atoms with E-state index in [1.165, 1.54) is 18.4 Å². The quantitative estimate of drug-likeness (QED) is 0.583. The van der Waals surface area contributed by atoms with Crippen molar-refractivity contribution in [1.82, 2.24) is 10.2 Å². The van der Waals surface area contributed by atoms with Crippen molar-refractivity contribution in [3.05, 3.63) is 38.9 Å². The van der Waals surface area contributed by atoms with Crippen LogP contribution in [0, 0.1) is 10.1 Å². The van der Waals surface area contributed by atoms with Crippen molar-refractivity contribution >= 4 is 33.0 Å². The van der Waals surface area contributed by atoms with E-state index < -0.39 is 14.8 Å². The van der Waals surface area contributed by atoms with Crippen molar-refractivity contribution in [3.63, 3.8) is 0 Å². The van der Waals surface area contributed by atoms with Crippen LogP contribution in [0.4, 0.5) is 5.69 Å². The van der Waals surface area contributed by atoms with Gasteiger partial charge in [-0.15, -0.1) is 0 Å². The Morgan fingerprint density at radius 1 is 1.40 bits per heavy atom. The van der Waals surface area contributed by atoms with Gasteiger partial charge < -0.3 is 10.2 Å². The molecule has 10 heteroatoms. The number of nitrogens with zero attached hydrogens (tertiary/aromatic N) is 2. The second-order valence-corrected chi connectivity index (χ2v) is 8.81. The minimum atomic E-state index is -2.98. The number of hydrogen-bond acceptors (Lipinski definition) is 6. The molecule has 8 nitrogen and oxygen atoms in total. The van der Waals surface area contributed by atoms with Gasteiger partial charge in [0.25, 0.3) is 11.6 Å². The number of piperidine rings is 1. The number of carbonyl (C=O) groups is 1. The molecule has 0 spiro atoms. The average Bonchev–Trinajstić information content (AvgIpc) is 2.53. The van der Waals surface area contributed by atoms with Crippen LogP contribution in [0.15, 0.2) is 18.2 Å². The van der Waals surface area contributed by atoms with Crippen LogP contribution < -0.4 is 5.32 Å². The average molecular weight is 390 g/mol. The smallest absolute Gasteiger partial charge is 0.270 e. The Morgan fingerprint density at radius 3 is 2.56 bits per heavy atom. The topological polar surface area (TPSA) is 110 Å². The molecular formula is C15H20ClN3O5S. The summed E-state index contributed by atoms with van der Waals surface area (Å²) in [4.78, 5) is 24.5. The van der Waals surface area contributed by atoms with Crippen LogP contribution >= 0.6 is 11.6 Å². The lowest BCUT2D eigenvalue weighted by molar-refractivity contribution is -0.384. The van der Waals surface area contributed by atoms with Crippen LogP contribution in [0.25, 0.3) is 0 Å². The maximum absolute atomic E-state index is 12.3. The molecule has 1 aromatic rings. The monoisotopic (exact) mass is 389 g/mol. The predicted molar refractivity (Wildman–Crippen MR) is 94.7 cm³/mol. The molecule has 25 heavy (non-hydrogen) atoms. The SMILES string of the molecule is CS(=O)(=O)CCN1CCC(NC(=O)c2ccc([N+](=O)[O-])cc2Cl)CC1. The van der Waals surface area contributed by atoms with E-state index in [1.54, 1.807) is 0 Å². The van der Waals surface area contributed by atoms with E-state index in [0.29, 0.717) is 32.5 Å². The lowest BCUT2D eigenvalue weighted by atomic mass is 10.0. The first-order valence-electron chi connectivity index (χ1n) is 7.80. The zero-order valence-electron chi connectivity index (χ0n) is 13.8. The number of carbonyl (C=O) groups excluding carboxylic acids is 1. The number of nitro groups is 1. The van der Waals surface area contributed by atoms with E-state index in [-0.39, 0.29) is 34.0 Å². The second-order valence-electron chi connectivity index (χ2n) is 6.14. The zero-order valence-corrected chi connectivity index (χ0v) is 15.3. The Kier molecular flexibility index (Phi) is 6.36. The molecule has 1 saturated heterocycles. The van der Waals surface area contributed by atoms with Gasteiger partial charge >= 0.3 is 0 Å². The first kappa shape index (κ1) is 19.6. The summed E-state index contributed by atoms with van der Waals surface area (Å²) in [6.45, 7) is 1.90. The van der Waals surface area contributed by atoms with E-state index in [1.807, 2.05) is 0 Å². The number of non-ortho nitro benzene ring substituents is 1. The van der Waals surface area contributed by atoms with Crippen LogP contribution in [-0.2, 0) is 9.84 Å². The van der Waals surface area contributed by atoms with Gasteiger partial charge in [-0.25, -0.2) is 8.42 Å². The van der Waals surface area contributed by atoms with Crippen LogP contribution in [0.5, 0.6) is 0 Å². The fourth-order valence-electron chi connectivity index (χ4n) is 2.66. The molecule has 138 valence electrons. The molecule has 1 fully saturated rings. The second kappa shape index (κ2) is 8.11. The molecule has 1 aliphatic heterocycles. The van der Waals surface area contributed by atoms with Gasteiger partial charge in [0.1, 0.15) is 9.84 Å². The van der Waals surface area contributed by atoms with Crippen molar-refractivity contribution in [2.24, 2.45) is 0 Å². The lowest BCUT2D eigenvalue weighted by Crippen LogP contribution is -2.45. The normalized spacial score (nSPS) is 16.6. The van der Waals surface area contributed by atoms with E-state index >= 15 is 0 Å². The molecule has 1 aliphatic rings. The highest BCUT2D eigenvalue weighted by molar-refractivity contribution is 7.90. The standard InChI is InChI=1S/C15H20ClN3O5S/c1-25(23,24)9-8-18-6-4-11(5-7-18)17-15(20)13-3-2-12(19(21)22)10-14(13)16/h2-3,10-11H,4-9H2,1H3,(H,17,20). The predicted octanol–water partition coefficient (Wildman–Crippen LogP) is 1.49. The molecule has 0 atom stereocenters. The highest BCUT2D eigenvalue weighted by atomic mass is 35.5. The molecule has 0 bridgehead atoms. The van der Waals surface area contributed by atoms with E-state index in [4.69, 9.17) is 11.6 Å². The molecule has 1 aromatic carbocycles. The molecule has 2 rings (SSSR count). The van der Waals surface area contributed by atoms with Gasteiger partial charge in [0.15, 0.2) is 0 Å². The van der Waals surface area contributed by atoms with Gasteiger partial charge in [0.2, 0.25) is 0 Å². The third kappa shape index (κ3) is 5.94. The summed E-state index contributed by atoms with van der Waals surface area (Å²) in [5.41, 5.74) is 0.0347. The number of halogens is 1. The molecule has 0 unspecified atom stereocenters. The lowest BCUT2D eigenvalue weighted by Gasteiger charge is -2.32. The fraction of sp³-hybridized carbons (Fsp3) is 0.533. The molecule has 1 amide bonds. The molecule has 0 saturated carbocycles. The number of hydrogen-bond donors (Lipinski definition) is 1.